The molecule has 3 aromatic heterocycles. The molecule has 4 aromatic rings. The number of carbonyl (C=O) groups is 1. The first kappa shape index (κ1) is 19.0. The topological polar surface area (TPSA) is 66.6 Å². The zero-order valence-electron chi connectivity index (χ0n) is 17.3. The van der Waals surface area contributed by atoms with E-state index in [0.717, 1.165) is 46.3 Å². The Bertz CT molecular complexity index is 1220. The number of hydrogen-bond acceptors (Lipinski definition) is 6. The molecule has 30 heavy (non-hydrogen) atoms. The van der Waals surface area contributed by atoms with Crippen LogP contribution >= 0.6 is 11.3 Å². The fourth-order valence-corrected chi connectivity index (χ4v) is 4.84. The Morgan fingerprint density at radius 3 is 2.70 bits per heavy atom. The van der Waals surface area contributed by atoms with Crippen LogP contribution in [0.3, 0.4) is 0 Å². The minimum atomic E-state index is 0.00720. The number of benzene rings is 1. The van der Waals surface area contributed by atoms with Crippen molar-refractivity contribution in [3.05, 3.63) is 41.8 Å². The van der Waals surface area contributed by atoms with Gasteiger partial charge in [0.2, 0.25) is 11.9 Å². The van der Waals surface area contributed by atoms with Crippen molar-refractivity contribution in [2.75, 3.05) is 24.5 Å². The Labute approximate surface area is 179 Å². The quantitative estimate of drug-likeness (QED) is 0.506. The highest BCUT2D eigenvalue weighted by Crippen LogP contribution is 2.31. The van der Waals surface area contributed by atoms with Crippen molar-refractivity contribution in [3.63, 3.8) is 0 Å². The van der Waals surface area contributed by atoms with Crippen molar-refractivity contribution >= 4 is 39.7 Å². The van der Waals surface area contributed by atoms with E-state index in [4.69, 9.17) is 4.98 Å². The summed E-state index contributed by atoms with van der Waals surface area (Å²) >= 11 is 1.64. The fraction of sp³-hybridized carbons (Fsp3) is 0.364. The lowest BCUT2D eigenvalue weighted by atomic mass is 10.1. The molecule has 0 radical (unpaired) electrons. The maximum absolute atomic E-state index is 12.6. The number of para-hydroxylation sites is 1. The number of fused-ring (bicyclic) bond motifs is 3. The Morgan fingerprint density at radius 1 is 1.13 bits per heavy atom. The Balaban J connectivity index is 1.63. The van der Waals surface area contributed by atoms with Crippen molar-refractivity contribution in [1.82, 2.24) is 24.5 Å². The Morgan fingerprint density at radius 2 is 1.97 bits per heavy atom. The number of nitrogens with zero attached hydrogens (tertiary/aromatic N) is 6. The van der Waals surface area contributed by atoms with E-state index in [1.807, 2.05) is 54.5 Å². The van der Waals surface area contributed by atoms with E-state index in [1.165, 1.54) is 0 Å². The average molecular weight is 421 g/mol. The Hall–Kier alpha value is -3.00. The number of hydrogen-bond donors (Lipinski definition) is 0. The summed E-state index contributed by atoms with van der Waals surface area (Å²) in [6.07, 6.45) is 0. The minimum Gasteiger partial charge on any atom is -0.338 e. The van der Waals surface area contributed by atoms with Crippen LogP contribution in [0.15, 0.2) is 41.8 Å². The highest BCUT2D eigenvalue weighted by atomic mass is 32.1. The van der Waals surface area contributed by atoms with Crippen molar-refractivity contribution in [3.8, 4) is 10.7 Å². The van der Waals surface area contributed by atoms with E-state index in [2.05, 4.69) is 32.5 Å². The van der Waals surface area contributed by atoms with Gasteiger partial charge in [0.25, 0.3) is 0 Å². The van der Waals surface area contributed by atoms with E-state index >= 15 is 0 Å². The van der Waals surface area contributed by atoms with Gasteiger partial charge in [-0.25, -0.2) is 9.38 Å². The van der Waals surface area contributed by atoms with Crippen LogP contribution in [0.5, 0.6) is 0 Å². The summed E-state index contributed by atoms with van der Waals surface area (Å²) in [5.74, 6) is 1.86. The summed E-state index contributed by atoms with van der Waals surface area (Å²) in [5.41, 5.74) is 1.71. The molecule has 5 rings (SSSR count). The lowest BCUT2D eigenvalue weighted by Gasteiger charge is -2.41. The van der Waals surface area contributed by atoms with E-state index in [9.17, 15) is 4.79 Å². The Kier molecular flexibility index (Phi) is 4.66. The van der Waals surface area contributed by atoms with Crippen LogP contribution < -0.4 is 4.90 Å². The largest absolute Gasteiger partial charge is 0.338 e. The normalized spacial score (nSPS) is 17.4. The van der Waals surface area contributed by atoms with E-state index in [1.54, 1.807) is 11.3 Å². The standard InChI is InChI=1S/C22H24N6OS/c1-14(2)21(29)27-11-10-26(13-15(27)3)22-23-17-8-5-4-7-16(17)19-24-25-20(28(19)22)18-9-6-12-30-18/h4-9,12,14-15H,10-11,13H2,1-3H3/t15-/m0/s1. The number of thiophene rings is 1. The smallest absolute Gasteiger partial charge is 0.225 e. The second-order valence-corrected chi connectivity index (χ2v) is 9.02. The summed E-state index contributed by atoms with van der Waals surface area (Å²) in [4.78, 5) is 22.9. The SMILES string of the molecule is CC(C)C(=O)N1CCN(c2nc3ccccc3c3nnc(-c4cccs4)n23)C[C@@H]1C. The minimum absolute atomic E-state index is 0.00720. The van der Waals surface area contributed by atoms with Gasteiger partial charge in [-0.1, -0.05) is 32.0 Å². The predicted molar refractivity (Wildman–Crippen MR) is 120 cm³/mol. The summed E-state index contributed by atoms with van der Waals surface area (Å²) in [6, 6.07) is 12.2. The molecule has 154 valence electrons. The molecular weight excluding hydrogens is 396 g/mol. The summed E-state index contributed by atoms with van der Waals surface area (Å²) in [6.45, 7) is 8.16. The van der Waals surface area contributed by atoms with Crippen LogP contribution in [-0.2, 0) is 4.79 Å². The molecule has 7 nitrogen and oxygen atoms in total. The molecule has 1 atom stereocenters. The molecule has 1 fully saturated rings. The molecule has 1 aliphatic heterocycles. The molecular formula is C22H24N6OS. The van der Waals surface area contributed by atoms with Crippen molar-refractivity contribution in [1.29, 1.82) is 0 Å². The van der Waals surface area contributed by atoms with Crippen LogP contribution in [0.1, 0.15) is 20.8 Å². The molecule has 0 aliphatic carbocycles. The average Bonchev–Trinajstić information content (AvgIpc) is 3.42. The van der Waals surface area contributed by atoms with E-state index in [-0.39, 0.29) is 17.9 Å². The molecule has 1 saturated heterocycles. The molecule has 1 aromatic carbocycles. The zero-order valence-corrected chi connectivity index (χ0v) is 18.1. The molecule has 0 saturated carbocycles. The van der Waals surface area contributed by atoms with Gasteiger partial charge in [0.15, 0.2) is 11.5 Å². The van der Waals surface area contributed by atoms with Crippen molar-refractivity contribution < 1.29 is 4.79 Å². The molecule has 1 aliphatic rings. The molecule has 0 unspecified atom stereocenters. The molecule has 4 heterocycles. The molecule has 0 spiro atoms. The second kappa shape index (κ2) is 7.36. The van der Waals surface area contributed by atoms with Crippen molar-refractivity contribution in [2.24, 2.45) is 5.92 Å². The summed E-state index contributed by atoms with van der Waals surface area (Å²) in [5, 5.41) is 12.1. The predicted octanol–water partition coefficient (Wildman–Crippen LogP) is 3.70. The summed E-state index contributed by atoms with van der Waals surface area (Å²) < 4.78 is 2.07. The third-order valence-electron chi connectivity index (χ3n) is 5.66. The van der Waals surface area contributed by atoms with Crippen LogP contribution in [0.2, 0.25) is 0 Å². The fourth-order valence-electron chi connectivity index (χ4n) is 4.14. The number of rotatable bonds is 3. The lowest BCUT2D eigenvalue weighted by molar-refractivity contribution is -0.136. The van der Waals surface area contributed by atoms with Gasteiger partial charge < -0.3 is 9.80 Å². The third-order valence-corrected chi connectivity index (χ3v) is 6.52. The highest BCUT2D eigenvalue weighted by molar-refractivity contribution is 7.13. The molecule has 1 amide bonds. The van der Waals surface area contributed by atoms with Crippen molar-refractivity contribution in [2.45, 2.75) is 26.8 Å². The van der Waals surface area contributed by atoms with Gasteiger partial charge in [-0.05, 0) is 30.5 Å². The van der Waals surface area contributed by atoms with Crippen LogP contribution in [0.25, 0.3) is 27.3 Å². The summed E-state index contributed by atoms with van der Waals surface area (Å²) in [7, 11) is 0. The van der Waals surface area contributed by atoms with E-state index < -0.39 is 0 Å². The molecule has 0 N–H and O–H groups in total. The molecule has 0 bridgehead atoms. The van der Waals surface area contributed by atoms with Gasteiger partial charge in [0, 0.05) is 37.0 Å². The number of anilines is 1. The second-order valence-electron chi connectivity index (χ2n) is 8.07. The van der Waals surface area contributed by atoms with Crippen LogP contribution in [-0.4, -0.2) is 56.1 Å². The lowest BCUT2D eigenvalue weighted by Crippen LogP contribution is -2.55. The first-order valence-corrected chi connectivity index (χ1v) is 11.2. The number of carbonyl (C=O) groups excluding carboxylic acids is 1. The van der Waals surface area contributed by atoms with Gasteiger partial charge in [0.05, 0.1) is 10.4 Å². The number of aromatic nitrogens is 4. The molecule has 8 heteroatoms. The maximum Gasteiger partial charge on any atom is 0.225 e. The maximum atomic E-state index is 12.6. The number of piperazine rings is 1. The first-order chi connectivity index (χ1) is 14.5. The third kappa shape index (κ3) is 3.02. The van der Waals surface area contributed by atoms with Gasteiger partial charge in [-0.3, -0.25) is 4.79 Å². The van der Waals surface area contributed by atoms with Gasteiger partial charge in [-0.2, -0.15) is 0 Å². The van der Waals surface area contributed by atoms with E-state index in [0.29, 0.717) is 6.54 Å². The monoisotopic (exact) mass is 420 g/mol. The van der Waals surface area contributed by atoms with Crippen LogP contribution in [0, 0.1) is 5.92 Å². The highest BCUT2D eigenvalue weighted by Gasteiger charge is 2.31. The van der Waals surface area contributed by atoms with Gasteiger partial charge in [-0.15, -0.1) is 21.5 Å². The zero-order chi connectivity index (χ0) is 20.8. The van der Waals surface area contributed by atoms with Crippen LogP contribution in [0.4, 0.5) is 5.95 Å². The first-order valence-electron chi connectivity index (χ1n) is 10.3. The van der Waals surface area contributed by atoms with Gasteiger partial charge >= 0.3 is 0 Å². The van der Waals surface area contributed by atoms with Gasteiger partial charge in [0.1, 0.15) is 0 Å². The number of amides is 1.